The van der Waals surface area contributed by atoms with Crippen molar-refractivity contribution in [2.24, 2.45) is 0 Å². The Morgan fingerprint density at radius 1 is 0.846 bits per heavy atom. The number of hydrogen-bond donors (Lipinski definition) is 2. The molecule has 26 heavy (non-hydrogen) atoms. The summed E-state index contributed by atoms with van der Waals surface area (Å²) in [6.07, 6.45) is 3.80. The number of nitrogens with one attached hydrogen (secondary N) is 2. The summed E-state index contributed by atoms with van der Waals surface area (Å²) < 4.78 is 16.5. The van der Waals surface area contributed by atoms with Gasteiger partial charge >= 0.3 is 0 Å². The molecule has 1 aromatic heterocycles. The molecular weight excluding hydrogens is 330 g/mol. The first kappa shape index (κ1) is 18.5. The monoisotopic (exact) mass is 359 g/mol. The number of quaternary nitrogens is 2. The molecule has 0 atom stereocenters. The van der Waals surface area contributed by atoms with Crippen LogP contribution in [-0.2, 0) is 13.1 Å². The van der Waals surface area contributed by atoms with E-state index in [1.807, 2.05) is 24.5 Å². The van der Waals surface area contributed by atoms with E-state index < -0.39 is 0 Å². The molecule has 1 aliphatic heterocycles. The molecule has 0 aliphatic carbocycles. The van der Waals surface area contributed by atoms with Crippen LogP contribution in [-0.4, -0.2) is 52.5 Å². The SMILES string of the molecule is COc1ccc(C[NH+]2CC[NH+](Cc3cccnc3)CC2)c(OC)c1OC. The van der Waals surface area contributed by atoms with Gasteiger partial charge in [-0.1, -0.05) is 6.07 Å². The van der Waals surface area contributed by atoms with Crippen molar-refractivity contribution in [1.82, 2.24) is 4.98 Å². The molecule has 0 amide bonds. The van der Waals surface area contributed by atoms with E-state index in [1.54, 1.807) is 31.1 Å². The number of hydrogen-bond acceptors (Lipinski definition) is 4. The van der Waals surface area contributed by atoms with Crippen LogP contribution in [0.15, 0.2) is 36.7 Å². The fourth-order valence-electron chi connectivity index (χ4n) is 3.67. The molecule has 6 nitrogen and oxygen atoms in total. The summed E-state index contributed by atoms with van der Waals surface area (Å²) in [4.78, 5) is 7.42. The van der Waals surface area contributed by atoms with E-state index >= 15 is 0 Å². The fraction of sp³-hybridized carbons (Fsp3) is 0.450. The first-order chi connectivity index (χ1) is 12.7. The van der Waals surface area contributed by atoms with Gasteiger partial charge in [-0.15, -0.1) is 0 Å². The molecule has 1 aromatic carbocycles. The summed E-state index contributed by atoms with van der Waals surface area (Å²) >= 11 is 0. The molecule has 0 unspecified atom stereocenters. The topological polar surface area (TPSA) is 49.5 Å². The van der Waals surface area contributed by atoms with Gasteiger partial charge in [-0.05, 0) is 18.2 Å². The van der Waals surface area contributed by atoms with Gasteiger partial charge in [0.25, 0.3) is 0 Å². The highest BCUT2D eigenvalue weighted by Crippen LogP contribution is 2.39. The van der Waals surface area contributed by atoms with Crippen molar-refractivity contribution in [1.29, 1.82) is 0 Å². The van der Waals surface area contributed by atoms with Crippen LogP contribution in [0.5, 0.6) is 17.2 Å². The quantitative estimate of drug-likeness (QED) is 0.706. The lowest BCUT2D eigenvalue weighted by atomic mass is 10.1. The van der Waals surface area contributed by atoms with E-state index in [1.165, 1.54) is 18.7 Å². The molecule has 0 saturated carbocycles. The second-order valence-corrected chi connectivity index (χ2v) is 6.71. The second-order valence-electron chi connectivity index (χ2n) is 6.71. The molecule has 0 bridgehead atoms. The molecular formula is C20H29N3O3+2. The third-order valence-corrected chi connectivity index (χ3v) is 5.07. The second kappa shape index (κ2) is 8.87. The predicted molar refractivity (Wildman–Crippen MR) is 99.1 cm³/mol. The highest BCUT2D eigenvalue weighted by atomic mass is 16.5. The average molecular weight is 359 g/mol. The summed E-state index contributed by atoms with van der Waals surface area (Å²) in [5.41, 5.74) is 2.48. The molecule has 1 fully saturated rings. The van der Waals surface area contributed by atoms with Crippen LogP contribution in [0.25, 0.3) is 0 Å². The number of pyridine rings is 1. The maximum absolute atomic E-state index is 5.62. The van der Waals surface area contributed by atoms with Crippen molar-refractivity contribution in [2.45, 2.75) is 13.1 Å². The van der Waals surface area contributed by atoms with E-state index in [2.05, 4.69) is 17.1 Å². The van der Waals surface area contributed by atoms with Crippen LogP contribution in [0.1, 0.15) is 11.1 Å². The smallest absolute Gasteiger partial charge is 0.203 e. The van der Waals surface area contributed by atoms with E-state index in [0.717, 1.165) is 37.5 Å². The summed E-state index contributed by atoms with van der Waals surface area (Å²) in [7, 11) is 4.98. The van der Waals surface area contributed by atoms with Crippen molar-refractivity contribution in [2.75, 3.05) is 47.5 Å². The molecule has 0 spiro atoms. The van der Waals surface area contributed by atoms with Gasteiger partial charge in [-0.2, -0.15) is 0 Å². The van der Waals surface area contributed by atoms with Crippen molar-refractivity contribution < 1.29 is 24.0 Å². The Kier molecular flexibility index (Phi) is 6.30. The van der Waals surface area contributed by atoms with Crippen LogP contribution >= 0.6 is 0 Å². The lowest BCUT2D eigenvalue weighted by molar-refractivity contribution is -1.02. The Balaban J connectivity index is 1.61. The molecule has 6 heteroatoms. The molecule has 2 N–H and O–H groups in total. The van der Waals surface area contributed by atoms with Gasteiger partial charge in [-0.3, -0.25) is 4.98 Å². The van der Waals surface area contributed by atoms with E-state index in [9.17, 15) is 0 Å². The molecule has 3 rings (SSSR count). The Morgan fingerprint density at radius 2 is 1.54 bits per heavy atom. The molecule has 1 saturated heterocycles. The molecule has 2 heterocycles. The Bertz CT molecular complexity index is 701. The highest BCUT2D eigenvalue weighted by Gasteiger charge is 2.25. The minimum Gasteiger partial charge on any atom is -0.493 e. The number of nitrogens with zero attached hydrogens (tertiary/aromatic N) is 1. The van der Waals surface area contributed by atoms with Crippen LogP contribution in [0.3, 0.4) is 0 Å². The first-order valence-electron chi connectivity index (χ1n) is 9.09. The Morgan fingerprint density at radius 3 is 2.12 bits per heavy atom. The maximum Gasteiger partial charge on any atom is 0.203 e. The largest absolute Gasteiger partial charge is 0.493 e. The minimum atomic E-state index is 0.674. The predicted octanol–water partition coefficient (Wildman–Crippen LogP) is -0.409. The van der Waals surface area contributed by atoms with Gasteiger partial charge in [0.05, 0.1) is 26.9 Å². The summed E-state index contributed by atoms with van der Waals surface area (Å²) in [6, 6.07) is 8.22. The lowest BCUT2D eigenvalue weighted by Crippen LogP contribution is -3.27. The normalized spacial score (nSPS) is 19.8. The van der Waals surface area contributed by atoms with Crippen molar-refractivity contribution >= 4 is 0 Å². The zero-order valence-electron chi connectivity index (χ0n) is 15.9. The maximum atomic E-state index is 5.62. The van der Waals surface area contributed by atoms with Gasteiger partial charge in [-0.25, -0.2) is 0 Å². The summed E-state index contributed by atoms with van der Waals surface area (Å²) in [5, 5.41) is 0. The van der Waals surface area contributed by atoms with Gasteiger partial charge in [0, 0.05) is 18.0 Å². The van der Waals surface area contributed by atoms with E-state index in [4.69, 9.17) is 14.2 Å². The average Bonchev–Trinajstić information content (AvgIpc) is 2.69. The number of benzene rings is 1. The van der Waals surface area contributed by atoms with Crippen LogP contribution < -0.4 is 24.0 Å². The van der Waals surface area contributed by atoms with Gasteiger partial charge in [0.15, 0.2) is 11.5 Å². The number of aromatic nitrogens is 1. The van der Waals surface area contributed by atoms with Crippen molar-refractivity contribution in [3.05, 3.63) is 47.8 Å². The number of ether oxygens (including phenoxy) is 3. The third kappa shape index (κ3) is 4.26. The van der Waals surface area contributed by atoms with E-state index in [0.29, 0.717) is 11.5 Å². The number of rotatable bonds is 7. The summed E-state index contributed by atoms with van der Waals surface area (Å²) in [6.45, 7) is 6.62. The lowest BCUT2D eigenvalue weighted by Gasteiger charge is -2.30. The Hall–Kier alpha value is -2.31. The van der Waals surface area contributed by atoms with Gasteiger partial charge in [0.1, 0.15) is 39.3 Å². The fourth-order valence-corrected chi connectivity index (χ4v) is 3.67. The van der Waals surface area contributed by atoms with Crippen LogP contribution in [0.4, 0.5) is 0 Å². The van der Waals surface area contributed by atoms with Gasteiger partial charge < -0.3 is 24.0 Å². The zero-order chi connectivity index (χ0) is 18.4. The molecule has 0 radical (unpaired) electrons. The Labute approximate surface area is 155 Å². The molecule has 1 aliphatic rings. The number of methoxy groups -OCH3 is 3. The zero-order valence-corrected chi connectivity index (χ0v) is 15.9. The van der Waals surface area contributed by atoms with Crippen molar-refractivity contribution in [3.63, 3.8) is 0 Å². The van der Waals surface area contributed by atoms with Gasteiger partial charge in [0.2, 0.25) is 5.75 Å². The van der Waals surface area contributed by atoms with E-state index in [-0.39, 0.29) is 0 Å². The summed E-state index contributed by atoms with van der Waals surface area (Å²) in [5.74, 6) is 2.16. The van der Waals surface area contributed by atoms with Crippen LogP contribution in [0, 0.1) is 0 Å². The number of piperazine rings is 1. The molecule has 140 valence electrons. The standard InChI is InChI=1S/C20H27N3O3/c1-24-18-7-6-17(19(25-2)20(18)26-3)15-23-11-9-22(10-12-23)14-16-5-4-8-21-13-16/h4-8,13H,9-12,14-15H2,1-3H3/p+2. The minimum absolute atomic E-state index is 0.674. The highest BCUT2D eigenvalue weighted by molar-refractivity contribution is 5.55. The molecule has 2 aromatic rings. The first-order valence-corrected chi connectivity index (χ1v) is 9.09. The van der Waals surface area contributed by atoms with Crippen LogP contribution in [0.2, 0.25) is 0 Å². The van der Waals surface area contributed by atoms with Crippen molar-refractivity contribution in [3.8, 4) is 17.2 Å². The third-order valence-electron chi connectivity index (χ3n) is 5.07.